The minimum atomic E-state index is -2.69. The summed E-state index contributed by atoms with van der Waals surface area (Å²) in [6.07, 6.45) is 5.66. The number of allylic oxidation sites excluding steroid dienone is 1. The Morgan fingerprint density at radius 3 is 2.16 bits per heavy atom. The van der Waals surface area contributed by atoms with Gasteiger partial charge in [0, 0.05) is 28.7 Å². The van der Waals surface area contributed by atoms with Crippen LogP contribution in [0.1, 0.15) is 110 Å². The van der Waals surface area contributed by atoms with E-state index in [0.29, 0.717) is 11.1 Å². The van der Waals surface area contributed by atoms with Crippen LogP contribution in [-0.4, -0.2) is 44.1 Å². The summed E-state index contributed by atoms with van der Waals surface area (Å²) in [5.74, 6) is -5.23. The van der Waals surface area contributed by atoms with Crippen molar-refractivity contribution in [3.63, 3.8) is 0 Å². The van der Waals surface area contributed by atoms with E-state index in [2.05, 4.69) is 0 Å². The minimum absolute atomic E-state index is 0.0156. The van der Waals surface area contributed by atoms with Crippen molar-refractivity contribution in [2.75, 3.05) is 0 Å². The SMILES string of the molecule is CC(=O)C1=C(C)[C@@H](C(C)C)[C@]2(C)[C@@H](CC(=O)C3CCCCCC3)[C@@]3(C)C(=C(O)c4c(O)cccc4[C@@H]3C)C(=O)[C@]2(O)C1=O. The molecule has 2 fully saturated rings. The standard InChI is InChI=1S/C36H46O7/c1-18(2)29-19(3)27(21(5)37)32(41)36(43)33(42)30-31(40)28-23(15-12-16-24(28)38)20(4)34(30,6)26(35(29,36)7)17-25(39)22-13-10-8-9-11-14-22/h12,15-16,18,20,22,26,29,38,40,43H,8-11,13-14,17H2,1-7H3/t20-,26-,29+,34-,35-,36+/m0/s1. The van der Waals surface area contributed by atoms with E-state index < -0.39 is 57.3 Å². The molecule has 4 aliphatic carbocycles. The second-order valence-electron chi connectivity index (χ2n) is 14.4. The first-order valence-electron chi connectivity index (χ1n) is 15.9. The molecule has 6 atom stereocenters. The molecule has 0 saturated heterocycles. The zero-order valence-corrected chi connectivity index (χ0v) is 26.5. The van der Waals surface area contributed by atoms with E-state index in [1.807, 2.05) is 27.7 Å². The minimum Gasteiger partial charge on any atom is -0.507 e. The molecule has 0 unspecified atom stereocenters. The Morgan fingerprint density at radius 1 is 1.00 bits per heavy atom. The number of ketones is 4. The summed E-state index contributed by atoms with van der Waals surface area (Å²) in [4.78, 5) is 56.5. The van der Waals surface area contributed by atoms with E-state index in [9.17, 15) is 34.5 Å². The number of aliphatic hydroxyl groups is 2. The van der Waals surface area contributed by atoms with Crippen LogP contribution in [-0.2, 0) is 19.2 Å². The van der Waals surface area contributed by atoms with Crippen LogP contribution in [0.25, 0.3) is 5.76 Å². The third-order valence-corrected chi connectivity index (χ3v) is 12.0. The molecule has 7 heteroatoms. The summed E-state index contributed by atoms with van der Waals surface area (Å²) >= 11 is 0. The molecule has 5 rings (SSSR count). The topological polar surface area (TPSA) is 129 Å². The molecule has 0 aromatic heterocycles. The fourth-order valence-corrected chi connectivity index (χ4v) is 10.0. The maximum atomic E-state index is 14.8. The van der Waals surface area contributed by atoms with E-state index in [-0.39, 0.29) is 46.5 Å². The first-order valence-corrected chi connectivity index (χ1v) is 15.9. The highest BCUT2D eigenvalue weighted by atomic mass is 16.3. The van der Waals surface area contributed by atoms with Gasteiger partial charge < -0.3 is 15.3 Å². The summed E-state index contributed by atoms with van der Waals surface area (Å²) in [5, 5.41) is 35.4. The highest BCUT2D eigenvalue weighted by Crippen LogP contribution is 2.71. The van der Waals surface area contributed by atoms with E-state index in [1.165, 1.54) is 13.0 Å². The average molecular weight is 591 g/mol. The number of aromatic hydroxyl groups is 1. The summed E-state index contributed by atoms with van der Waals surface area (Å²) in [6, 6.07) is 4.92. The number of phenolic OH excluding ortho intramolecular Hbond substituents is 1. The number of rotatable bonds is 5. The summed E-state index contributed by atoms with van der Waals surface area (Å²) < 4.78 is 0. The van der Waals surface area contributed by atoms with Gasteiger partial charge in [-0.1, -0.05) is 78.0 Å². The molecular formula is C36H46O7. The van der Waals surface area contributed by atoms with Gasteiger partial charge in [-0.2, -0.15) is 0 Å². The highest BCUT2D eigenvalue weighted by Gasteiger charge is 2.76. The van der Waals surface area contributed by atoms with Crippen LogP contribution in [0.3, 0.4) is 0 Å². The van der Waals surface area contributed by atoms with Crippen LogP contribution < -0.4 is 0 Å². The van der Waals surface area contributed by atoms with Gasteiger partial charge in [0.2, 0.25) is 11.6 Å². The van der Waals surface area contributed by atoms with Crippen molar-refractivity contribution in [2.24, 2.45) is 34.5 Å². The predicted octanol–water partition coefficient (Wildman–Crippen LogP) is 6.41. The van der Waals surface area contributed by atoms with Gasteiger partial charge >= 0.3 is 0 Å². The Hall–Kier alpha value is -3.06. The second kappa shape index (κ2) is 10.5. The van der Waals surface area contributed by atoms with Crippen molar-refractivity contribution in [1.29, 1.82) is 0 Å². The number of fused-ring (bicyclic) bond motifs is 3. The van der Waals surface area contributed by atoms with Crippen LogP contribution in [0.4, 0.5) is 0 Å². The smallest absolute Gasteiger partial charge is 0.206 e. The molecule has 0 bridgehead atoms. The van der Waals surface area contributed by atoms with Gasteiger partial charge in [-0.05, 0) is 62.0 Å². The molecular weight excluding hydrogens is 544 g/mol. The van der Waals surface area contributed by atoms with E-state index in [1.54, 1.807) is 26.0 Å². The molecule has 0 radical (unpaired) electrons. The van der Waals surface area contributed by atoms with E-state index >= 15 is 0 Å². The van der Waals surface area contributed by atoms with Crippen molar-refractivity contribution in [3.8, 4) is 5.75 Å². The molecule has 3 N–H and O–H groups in total. The number of carbonyl (C=O) groups excluding carboxylic acids is 4. The summed E-state index contributed by atoms with van der Waals surface area (Å²) in [7, 11) is 0. The maximum Gasteiger partial charge on any atom is 0.206 e. The van der Waals surface area contributed by atoms with E-state index in [4.69, 9.17) is 0 Å². The number of carbonyl (C=O) groups is 4. The lowest BCUT2D eigenvalue weighted by atomic mass is 9.36. The molecule has 1 aromatic carbocycles. The van der Waals surface area contributed by atoms with Gasteiger partial charge in [0.25, 0.3) is 0 Å². The molecule has 43 heavy (non-hydrogen) atoms. The first-order chi connectivity index (χ1) is 20.1. The average Bonchev–Trinajstić information content (AvgIpc) is 3.22. The lowest BCUT2D eigenvalue weighted by Gasteiger charge is -2.66. The number of hydrogen-bond acceptors (Lipinski definition) is 7. The molecule has 2 saturated carbocycles. The third kappa shape index (κ3) is 4.02. The van der Waals surface area contributed by atoms with Crippen molar-refractivity contribution < 1.29 is 34.5 Å². The molecule has 232 valence electrons. The zero-order chi connectivity index (χ0) is 31.8. The van der Waals surface area contributed by atoms with Crippen LogP contribution >= 0.6 is 0 Å². The molecule has 4 aliphatic rings. The number of aliphatic hydroxyl groups excluding tert-OH is 1. The Bertz CT molecular complexity index is 1470. The lowest BCUT2D eigenvalue weighted by molar-refractivity contribution is -0.198. The third-order valence-electron chi connectivity index (χ3n) is 12.0. The second-order valence-corrected chi connectivity index (χ2v) is 14.4. The van der Waals surface area contributed by atoms with E-state index in [0.717, 1.165) is 38.5 Å². The van der Waals surface area contributed by atoms with Gasteiger partial charge in [0.15, 0.2) is 11.4 Å². The molecule has 7 nitrogen and oxygen atoms in total. The Balaban J connectivity index is 1.86. The van der Waals surface area contributed by atoms with Crippen molar-refractivity contribution in [3.05, 3.63) is 46.0 Å². The molecule has 1 aromatic rings. The fourth-order valence-electron chi connectivity index (χ4n) is 10.0. The summed E-state index contributed by atoms with van der Waals surface area (Å²) in [5.41, 5.74) is -4.41. The lowest BCUT2D eigenvalue weighted by Crippen LogP contribution is -2.75. The zero-order valence-electron chi connectivity index (χ0n) is 26.5. The summed E-state index contributed by atoms with van der Waals surface area (Å²) in [6.45, 7) is 12.4. The quantitative estimate of drug-likeness (QED) is 0.205. The molecule has 0 aliphatic heterocycles. The van der Waals surface area contributed by atoms with Gasteiger partial charge in [-0.25, -0.2) is 0 Å². The van der Waals surface area contributed by atoms with Crippen LogP contribution in [0.2, 0.25) is 0 Å². The van der Waals surface area contributed by atoms with Crippen molar-refractivity contribution in [2.45, 2.75) is 105 Å². The monoisotopic (exact) mass is 590 g/mol. The first kappa shape index (κ1) is 31.4. The van der Waals surface area contributed by atoms with Crippen LogP contribution in [0.5, 0.6) is 5.75 Å². The molecule has 0 spiro atoms. The number of Topliss-reactive ketones (excluding diaryl/α,β-unsaturated/α-hetero) is 4. The fraction of sp³-hybridized carbons (Fsp3) is 0.611. The maximum absolute atomic E-state index is 14.8. The highest BCUT2D eigenvalue weighted by molar-refractivity contribution is 6.33. The molecule has 0 heterocycles. The Labute approximate surface area is 254 Å². The number of hydrogen-bond donors (Lipinski definition) is 3. The predicted molar refractivity (Wildman–Crippen MR) is 163 cm³/mol. The normalized spacial score (nSPS) is 35.0. The number of benzene rings is 1. The Morgan fingerprint density at radius 2 is 1.60 bits per heavy atom. The largest absolute Gasteiger partial charge is 0.507 e. The van der Waals surface area contributed by atoms with Gasteiger partial charge in [0.1, 0.15) is 17.3 Å². The van der Waals surface area contributed by atoms with Gasteiger partial charge in [0.05, 0.1) is 11.1 Å². The van der Waals surface area contributed by atoms with Crippen LogP contribution in [0.15, 0.2) is 34.9 Å². The Kier molecular flexibility index (Phi) is 7.69. The van der Waals surface area contributed by atoms with Gasteiger partial charge in [-0.3, -0.25) is 19.2 Å². The van der Waals surface area contributed by atoms with Crippen molar-refractivity contribution in [1.82, 2.24) is 0 Å². The van der Waals surface area contributed by atoms with Crippen LogP contribution in [0, 0.1) is 34.5 Å². The number of phenols is 1. The van der Waals surface area contributed by atoms with Crippen molar-refractivity contribution >= 4 is 28.9 Å². The van der Waals surface area contributed by atoms with Gasteiger partial charge in [-0.15, -0.1) is 0 Å². The molecule has 0 amide bonds.